The predicted octanol–water partition coefficient (Wildman–Crippen LogP) is 1.79. The molecule has 0 aromatic heterocycles. The molecule has 1 unspecified atom stereocenters. The summed E-state index contributed by atoms with van der Waals surface area (Å²) in [6, 6.07) is 3.99. The number of nitrogens with one attached hydrogen (secondary N) is 1. The van der Waals surface area contributed by atoms with Gasteiger partial charge in [0, 0.05) is 0 Å². The third kappa shape index (κ3) is 3.43. The maximum Gasteiger partial charge on any atom is 0.416 e. The molecule has 0 saturated carbocycles. The highest BCUT2D eigenvalue weighted by atomic mass is 19.4. The predicted molar refractivity (Wildman–Crippen MR) is 55.5 cm³/mol. The second-order valence-electron chi connectivity index (χ2n) is 3.70. The van der Waals surface area contributed by atoms with E-state index in [0.717, 1.165) is 6.07 Å². The summed E-state index contributed by atoms with van der Waals surface area (Å²) in [5, 5.41) is 10.5. The normalized spacial score (nSPS) is 13.2. The first-order valence-corrected chi connectivity index (χ1v) is 5.01. The topological polar surface area (TPSA) is 49.3 Å². The lowest BCUT2D eigenvalue weighted by molar-refractivity contribution is -0.201. The van der Waals surface area contributed by atoms with Crippen LogP contribution in [0.15, 0.2) is 18.2 Å². The molecule has 0 heterocycles. The van der Waals surface area contributed by atoms with Gasteiger partial charge in [-0.25, -0.2) is 4.39 Å². The lowest BCUT2D eigenvalue weighted by atomic mass is 10.1. The lowest BCUT2D eigenvalue weighted by Crippen LogP contribution is -2.40. The largest absolute Gasteiger partial charge is 0.416 e. The Morgan fingerprint density at radius 2 is 2.06 bits per heavy atom. The van der Waals surface area contributed by atoms with Crippen LogP contribution in [0.5, 0.6) is 0 Å². The zero-order valence-corrected chi connectivity index (χ0v) is 9.38. The second-order valence-corrected chi connectivity index (χ2v) is 3.70. The van der Waals surface area contributed by atoms with Crippen molar-refractivity contribution in [3.8, 4) is 0 Å². The molecule has 0 spiro atoms. The number of alkyl halides is 3. The summed E-state index contributed by atoms with van der Waals surface area (Å²) in [6.07, 6.45) is -7.49. The van der Waals surface area contributed by atoms with Crippen molar-refractivity contribution in [2.45, 2.75) is 19.2 Å². The van der Waals surface area contributed by atoms with Crippen molar-refractivity contribution in [1.29, 1.82) is 0 Å². The van der Waals surface area contributed by atoms with Crippen molar-refractivity contribution < 1.29 is 27.5 Å². The fourth-order valence-corrected chi connectivity index (χ4v) is 1.22. The summed E-state index contributed by atoms with van der Waals surface area (Å²) in [5.41, 5.74) is -0.150. The van der Waals surface area contributed by atoms with Gasteiger partial charge in [0.1, 0.15) is 5.82 Å². The van der Waals surface area contributed by atoms with E-state index < -0.39 is 30.5 Å². The number of carbonyl (C=O) groups is 1. The SMILES string of the molecule is Cc1cccc(C(=O)NCC(O)C(F)(F)F)c1F. The molecule has 0 aliphatic heterocycles. The van der Waals surface area contributed by atoms with Gasteiger partial charge in [-0.05, 0) is 18.6 Å². The number of halogens is 4. The van der Waals surface area contributed by atoms with E-state index in [1.54, 1.807) is 0 Å². The van der Waals surface area contributed by atoms with Crippen LogP contribution < -0.4 is 5.32 Å². The molecule has 3 nitrogen and oxygen atoms in total. The highest BCUT2D eigenvalue weighted by Crippen LogP contribution is 2.19. The molecule has 0 radical (unpaired) electrons. The maximum atomic E-state index is 13.5. The maximum absolute atomic E-state index is 13.5. The number of aryl methyl sites for hydroxylation is 1. The smallest absolute Gasteiger partial charge is 0.382 e. The Kier molecular flexibility index (Phi) is 4.28. The molecule has 100 valence electrons. The van der Waals surface area contributed by atoms with E-state index in [0.29, 0.717) is 0 Å². The van der Waals surface area contributed by atoms with E-state index in [2.05, 4.69) is 0 Å². The third-order valence-corrected chi connectivity index (χ3v) is 2.27. The van der Waals surface area contributed by atoms with Crippen LogP contribution in [0, 0.1) is 12.7 Å². The molecule has 1 atom stereocenters. The minimum Gasteiger partial charge on any atom is -0.382 e. The standard InChI is InChI=1S/C11H11F4NO2/c1-6-3-2-4-7(9(6)12)10(18)16-5-8(17)11(13,14)15/h2-4,8,17H,5H2,1H3,(H,16,18). The number of amides is 1. The summed E-state index contributed by atoms with van der Waals surface area (Å²) < 4.78 is 49.4. The van der Waals surface area contributed by atoms with Crippen LogP contribution in [0.1, 0.15) is 15.9 Å². The van der Waals surface area contributed by atoms with E-state index in [-0.39, 0.29) is 11.1 Å². The van der Waals surface area contributed by atoms with E-state index in [9.17, 15) is 22.4 Å². The molecule has 0 aliphatic rings. The van der Waals surface area contributed by atoms with E-state index >= 15 is 0 Å². The van der Waals surface area contributed by atoms with Gasteiger partial charge in [0.15, 0.2) is 6.10 Å². The molecule has 0 saturated heterocycles. The Balaban J connectivity index is 2.70. The van der Waals surface area contributed by atoms with Crippen LogP contribution in [0.25, 0.3) is 0 Å². The molecule has 1 rings (SSSR count). The summed E-state index contributed by atoms with van der Waals surface area (Å²) in [4.78, 5) is 11.4. The second kappa shape index (κ2) is 5.34. The molecular formula is C11H11F4NO2. The zero-order valence-electron chi connectivity index (χ0n) is 9.38. The fourth-order valence-electron chi connectivity index (χ4n) is 1.22. The molecule has 0 aliphatic carbocycles. The molecule has 7 heteroatoms. The van der Waals surface area contributed by atoms with Gasteiger partial charge in [-0.3, -0.25) is 4.79 Å². The van der Waals surface area contributed by atoms with Gasteiger partial charge in [-0.1, -0.05) is 12.1 Å². The van der Waals surface area contributed by atoms with Gasteiger partial charge in [-0.2, -0.15) is 13.2 Å². The van der Waals surface area contributed by atoms with Crippen molar-refractivity contribution in [2.75, 3.05) is 6.54 Å². The van der Waals surface area contributed by atoms with Crippen molar-refractivity contribution in [3.05, 3.63) is 35.1 Å². The molecule has 0 fully saturated rings. The highest BCUT2D eigenvalue weighted by Gasteiger charge is 2.38. The van der Waals surface area contributed by atoms with E-state index in [1.165, 1.54) is 19.1 Å². The molecule has 0 bridgehead atoms. The van der Waals surface area contributed by atoms with Crippen LogP contribution >= 0.6 is 0 Å². The molecule has 1 aromatic carbocycles. The molecular weight excluding hydrogens is 254 g/mol. The lowest BCUT2D eigenvalue weighted by Gasteiger charge is -2.15. The van der Waals surface area contributed by atoms with Crippen LogP contribution in [0.2, 0.25) is 0 Å². The number of benzene rings is 1. The van der Waals surface area contributed by atoms with Gasteiger partial charge in [-0.15, -0.1) is 0 Å². The summed E-state index contributed by atoms with van der Waals surface area (Å²) in [6.45, 7) is 0.409. The monoisotopic (exact) mass is 265 g/mol. The number of aliphatic hydroxyl groups excluding tert-OH is 1. The van der Waals surface area contributed by atoms with Gasteiger partial charge < -0.3 is 10.4 Å². The molecule has 2 N–H and O–H groups in total. The van der Waals surface area contributed by atoms with Crippen LogP contribution in [0.3, 0.4) is 0 Å². The summed E-state index contributed by atoms with van der Waals surface area (Å²) >= 11 is 0. The van der Waals surface area contributed by atoms with Gasteiger partial charge >= 0.3 is 6.18 Å². The van der Waals surface area contributed by atoms with Crippen molar-refractivity contribution in [3.63, 3.8) is 0 Å². The minimum atomic E-state index is -4.82. The average Bonchev–Trinajstić information content (AvgIpc) is 2.27. The molecule has 18 heavy (non-hydrogen) atoms. The van der Waals surface area contributed by atoms with Crippen LogP contribution in [0.4, 0.5) is 17.6 Å². The number of carbonyl (C=O) groups excluding carboxylic acids is 1. The van der Waals surface area contributed by atoms with E-state index in [1.807, 2.05) is 5.32 Å². The Labute approximate surface area is 100 Å². The van der Waals surface area contributed by atoms with Gasteiger partial charge in [0.05, 0.1) is 12.1 Å². The Hall–Kier alpha value is -1.63. The quantitative estimate of drug-likeness (QED) is 0.818. The number of aliphatic hydroxyl groups is 1. The molecule has 1 amide bonds. The summed E-state index contributed by atoms with van der Waals surface area (Å²) in [7, 11) is 0. The number of rotatable bonds is 3. The average molecular weight is 265 g/mol. The van der Waals surface area contributed by atoms with E-state index in [4.69, 9.17) is 5.11 Å². The Morgan fingerprint density at radius 3 is 2.61 bits per heavy atom. The van der Waals surface area contributed by atoms with Crippen LogP contribution in [-0.2, 0) is 0 Å². The first-order valence-electron chi connectivity index (χ1n) is 5.01. The highest BCUT2D eigenvalue weighted by molar-refractivity contribution is 5.94. The first kappa shape index (κ1) is 14.4. The van der Waals surface area contributed by atoms with Gasteiger partial charge in [0.2, 0.25) is 0 Å². The van der Waals surface area contributed by atoms with Crippen molar-refractivity contribution in [1.82, 2.24) is 5.32 Å². The zero-order chi connectivity index (χ0) is 13.9. The third-order valence-electron chi connectivity index (χ3n) is 2.27. The van der Waals surface area contributed by atoms with Crippen molar-refractivity contribution in [2.24, 2.45) is 0 Å². The van der Waals surface area contributed by atoms with Crippen molar-refractivity contribution >= 4 is 5.91 Å². The Bertz CT molecular complexity index is 445. The Morgan fingerprint density at radius 1 is 1.44 bits per heavy atom. The summed E-state index contributed by atoms with van der Waals surface area (Å²) in [5.74, 6) is -1.80. The number of hydrogen-bond acceptors (Lipinski definition) is 2. The fraction of sp³-hybridized carbons (Fsp3) is 0.364. The molecule has 1 aromatic rings. The minimum absolute atomic E-state index is 0.207. The first-order chi connectivity index (χ1) is 8.23. The van der Waals surface area contributed by atoms with Gasteiger partial charge in [0.25, 0.3) is 5.91 Å². The van der Waals surface area contributed by atoms with Crippen LogP contribution in [-0.4, -0.2) is 29.8 Å². The number of hydrogen-bond donors (Lipinski definition) is 2.